The Morgan fingerprint density at radius 3 is 2.41 bits per heavy atom. The van der Waals surface area contributed by atoms with Gasteiger partial charge in [-0.1, -0.05) is 12.1 Å². The summed E-state index contributed by atoms with van der Waals surface area (Å²) in [6, 6.07) is 7.69. The fourth-order valence-electron chi connectivity index (χ4n) is 3.04. The molecule has 0 unspecified atom stereocenters. The van der Waals surface area contributed by atoms with Gasteiger partial charge in [-0.25, -0.2) is 18.2 Å². The molecular weight excluding hydrogens is 532 g/mol. The number of benzene rings is 1. The van der Waals surface area contributed by atoms with Crippen molar-refractivity contribution in [2.45, 2.75) is 19.9 Å². The number of amides is 3. The number of hydrogen-bond acceptors (Lipinski definition) is 8. The number of nitrogens with zero attached hydrogens (tertiary/aromatic N) is 2. The predicted octanol–water partition coefficient (Wildman–Crippen LogP) is 2.40. The van der Waals surface area contributed by atoms with E-state index in [0.717, 1.165) is 4.90 Å². The van der Waals surface area contributed by atoms with Crippen LogP contribution in [0.4, 0.5) is 10.5 Å². The lowest BCUT2D eigenvalue weighted by atomic mass is 10.1. The number of rotatable bonds is 10. The molecule has 0 saturated carbocycles. The van der Waals surface area contributed by atoms with Crippen molar-refractivity contribution in [1.29, 1.82) is 0 Å². The van der Waals surface area contributed by atoms with Crippen LogP contribution in [-0.4, -0.2) is 67.8 Å². The first-order valence-electron chi connectivity index (χ1n) is 10.2. The molecule has 182 valence electrons. The highest BCUT2D eigenvalue weighted by Crippen LogP contribution is 2.27. The molecule has 0 spiro atoms. The van der Waals surface area contributed by atoms with Crippen molar-refractivity contribution >= 4 is 49.5 Å². The van der Waals surface area contributed by atoms with Gasteiger partial charge in [0, 0.05) is 23.3 Å². The Morgan fingerprint density at radius 1 is 1.15 bits per heavy atom. The van der Waals surface area contributed by atoms with Crippen LogP contribution in [0.5, 0.6) is 5.88 Å². The maximum atomic E-state index is 12.7. The molecule has 0 saturated heterocycles. The van der Waals surface area contributed by atoms with Gasteiger partial charge in [-0.3, -0.25) is 19.2 Å². The zero-order valence-corrected chi connectivity index (χ0v) is 20.8. The summed E-state index contributed by atoms with van der Waals surface area (Å²) in [7, 11) is -3.99. The van der Waals surface area contributed by atoms with Crippen LogP contribution in [0.2, 0.25) is 0 Å². The number of hydrogen-bond donors (Lipinski definition) is 2. The summed E-state index contributed by atoms with van der Waals surface area (Å²) in [5.41, 5.74) is 0.534. The van der Waals surface area contributed by atoms with Crippen molar-refractivity contribution in [2.24, 2.45) is 0 Å². The van der Waals surface area contributed by atoms with E-state index >= 15 is 0 Å². The zero-order valence-electron chi connectivity index (χ0n) is 18.4. The second-order valence-corrected chi connectivity index (χ2v) is 10.3. The van der Waals surface area contributed by atoms with Crippen LogP contribution in [0.25, 0.3) is 0 Å². The molecule has 0 fully saturated rings. The molecule has 0 aliphatic carbocycles. The monoisotopic (exact) mass is 554 g/mol. The number of anilines is 1. The van der Waals surface area contributed by atoms with Crippen LogP contribution in [-0.2, 0) is 14.8 Å². The number of carbonyl (C=O) groups is 3. The maximum absolute atomic E-state index is 12.7. The van der Waals surface area contributed by atoms with Crippen LogP contribution in [0.3, 0.4) is 0 Å². The van der Waals surface area contributed by atoms with Crippen molar-refractivity contribution in [3.63, 3.8) is 0 Å². The number of imide groups is 1. The SMILES string of the molecule is CC(C)NC(=O)OCCOc1ncc(Br)cc1NS(=O)(=O)CCN1C(=O)c2ccccc2C1=O. The van der Waals surface area contributed by atoms with Gasteiger partial charge >= 0.3 is 6.09 Å². The fourth-order valence-corrected chi connectivity index (χ4v) is 4.37. The molecule has 0 atom stereocenters. The van der Waals surface area contributed by atoms with E-state index in [-0.39, 0.29) is 48.5 Å². The molecule has 3 amide bonds. The third-order valence-electron chi connectivity index (χ3n) is 4.51. The number of aromatic nitrogens is 1. The Bertz CT molecular complexity index is 1170. The molecule has 2 aromatic rings. The van der Waals surface area contributed by atoms with Gasteiger partial charge in [-0.05, 0) is 48.0 Å². The second kappa shape index (κ2) is 10.8. The van der Waals surface area contributed by atoms with Crippen LogP contribution in [0.15, 0.2) is 41.0 Å². The Labute approximate surface area is 205 Å². The van der Waals surface area contributed by atoms with Crippen LogP contribution >= 0.6 is 15.9 Å². The summed E-state index contributed by atoms with van der Waals surface area (Å²) in [5.74, 6) is -1.63. The fraction of sp³-hybridized carbons (Fsp3) is 0.333. The Hall–Kier alpha value is -3.19. The number of carbonyl (C=O) groups excluding carboxylic acids is 3. The van der Waals surface area contributed by atoms with E-state index < -0.39 is 33.7 Å². The van der Waals surface area contributed by atoms with Crippen LogP contribution in [0.1, 0.15) is 34.6 Å². The van der Waals surface area contributed by atoms with Crippen molar-refractivity contribution in [3.8, 4) is 5.88 Å². The molecule has 11 nitrogen and oxygen atoms in total. The number of alkyl carbamates (subject to hydrolysis) is 1. The Morgan fingerprint density at radius 2 is 1.79 bits per heavy atom. The molecule has 34 heavy (non-hydrogen) atoms. The molecule has 0 radical (unpaired) electrons. The third-order valence-corrected chi connectivity index (χ3v) is 6.19. The summed E-state index contributed by atoms with van der Waals surface area (Å²) in [6.45, 7) is 3.11. The van der Waals surface area contributed by atoms with E-state index in [1.807, 2.05) is 0 Å². The molecule has 13 heteroatoms. The van der Waals surface area contributed by atoms with Crippen molar-refractivity contribution in [2.75, 3.05) is 30.2 Å². The first-order valence-corrected chi connectivity index (χ1v) is 12.7. The summed E-state index contributed by atoms with van der Waals surface area (Å²) in [4.78, 5) is 41.4. The first kappa shape index (κ1) is 25.4. The molecule has 1 aliphatic heterocycles. The number of ether oxygens (including phenoxy) is 2. The summed E-state index contributed by atoms with van der Waals surface area (Å²) in [6.07, 6.45) is 0.814. The number of halogens is 1. The van der Waals surface area contributed by atoms with Crippen molar-refractivity contribution < 1.29 is 32.3 Å². The average Bonchev–Trinajstić information content (AvgIpc) is 3.00. The minimum Gasteiger partial charge on any atom is -0.473 e. The van der Waals surface area contributed by atoms with E-state index in [1.54, 1.807) is 26.0 Å². The van der Waals surface area contributed by atoms with E-state index in [4.69, 9.17) is 9.47 Å². The van der Waals surface area contributed by atoms with Gasteiger partial charge in [0.2, 0.25) is 15.9 Å². The third kappa shape index (κ3) is 6.44. The standard InChI is InChI=1S/C21H23BrN4O7S/c1-13(2)24-21(29)33-9-8-32-18-17(11-14(22)12-23-18)25-34(30,31)10-7-26-19(27)15-5-3-4-6-16(15)20(26)28/h3-6,11-13,25H,7-10H2,1-2H3,(H,24,29). The smallest absolute Gasteiger partial charge is 0.407 e. The van der Waals surface area contributed by atoms with E-state index in [2.05, 4.69) is 31.0 Å². The number of sulfonamides is 1. The predicted molar refractivity (Wildman–Crippen MR) is 126 cm³/mol. The van der Waals surface area contributed by atoms with E-state index in [1.165, 1.54) is 24.4 Å². The van der Waals surface area contributed by atoms with Crippen LogP contribution < -0.4 is 14.8 Å². The lowest BCUT2D eigenvalue weighted by molar-refractivity contribution is 0.0664. The van der Waals surface area contributed by atoms with E-state index in [9.17, 15) is 22.8 Å². The van der Waals surface area contributed by atoms with Crippen LogP contribution in [0, 0.1) is 0 Å². The first-order chi connectivity index (χ1) is 16.1. The average molecular weight is 555 g/mol. The molecular formula is C21H23BrN4O7S. The minimum absolute atomic E-state index is 0.0274. The minimum atomic E-state index is -3.99. The van der Waals surface area contributed by atoms with Gasteiger partial charge in [0.1, 0.15) is 18.9 Å². The van der Waals surface area contributed by atoms with Gasteiger partial charge < -0.3 is 14.8 Å². The lowest BCUT2D eigenvalue weighted by Gasteiger charge is -2.16. The van der Waals surface area contributed by atoms with E-state index in [0.29, 0.717) is 4.47 Å². The summed E-state index contributed by atoms with van der Waals surface area (Å²) in [5, 5.41) is 2.56. The molecule has 1 aliphatic rings. The quantitative estimate of drug-likeness (QED) is 0.336. The zero-order chi connectivity index (χ0) is 24.9. The topological polar surface area (TPSA) is 144 Å². The molecule has 1 aromatic heterocycles. The highest BCUT2D eigenvalue weighted by molar-refractivity contribution is 9.10. The normalized spacial score (nSPS) is 13.1. The second-order valence-electron chi connectivity index (χ2n) is 7.52. The van der Waals surface area contributed by atoms with Crippen molar-refractivity contribution in [1.82, 2.24) is 15.2 Å². The highest BCUT2D eigenvalue weighted by Gasteiger charge is 2.35. The van der Waals surface area contributed by atoms with Crippen molar-refractivity contribution in [3.05, 3.63) is 52.1 Å². The maximum Gasteiger partial charge on any atom is 0.407 e. The van der Waals surface area contributed by atoms with Gasteiger partial charge in [-0.2, -0.15) is 0 Å². The summed E-state index contributed by atoms with van der Waals surface area (Å²) >= 11 is 3.22. The molecule has 0 bridgehead atoms. The summed E-state index contributed by atoms with van der Waals surface area (Å²) < 4.78 is 38.7. The molecule has 3 rings (SSSR count). The van der Waals surface area contributed by atoms with Gasteiger partial charge in [0.05, 0.1) is 16.9 Å². The van der Waals surface area contributed by atoms with Gasteiger partial charge in [0.15, 0.2) is 0 Å². The number of nitrogens with one attached hydrogen (secondary N) is 2. The Balaban J connectivity index is 1.60. The highest BCUT2D eigenvalue weighted by atomic mass is 79.9. The molecule has 2 N–H and O–H groups in total. The largest absolute Gasteiger partial charge is 0.473 e. The lowest BCUT2D eigenvalue weighted by Crippen LogP contribution is -2.35. The molecule has 2 heterocycles. The Kier molecular flexibility index (Phi) is 8.10. The number of pyridine rings is 1. The van der Waals surface area contributed by atoms with Gasteiger partial charge in [0.25, 0.3) is 11.8 Å². The molecule has 1 aromatic carbocycles. The van der Waals surface area contributed by atoms with Gasteiger partial charge in [-0.15, -0.1) is 0 Å². The number of fused-ring (bicyclic) bond motifs is 1.